The number of ether oxygens (including phenoxy) is 2. The van der Waals surface area contributed by atoms with Crippen LogP contribution in [0.3, 0.4) is 0 Å². The molecule has 1 aromatic rings. The first kappa shape index (κ1) is 10.7. The minimum atomic E-state index is -0.506. The highest BCUT2D eigenvalue weighted by Gasteiger charge is 2.12. The van der Waals surface area contributed by atoms with Gasteiger partial charge in [-0.1, -0.05) is 0 Å². The number of aldehydes is 1. The lowest BCUT2D eigenvalue weighted by atomic mass is 10.4. The van der Waals surface area contributed by atoms with E-state index >= 15 is 0 Å². The third-order valence-electron chi connectivity index (χ3n) is 1.65. The molecule has 1 aromatic heterocycles. The summed E-state index contributed by atoms with van der Waals surface area (Å²) in [7, 11) is 3.05. The molecule has 0 radical (unpaired) electrons. The van der Waals surface area contributed by atoms with E-state index in [9.17, 15) is 4.79 Å². The van der Waals surface area contributed by atoms with E-state index in [-0.39, 0.29) is 0 Å². The Kier molecular flexibility index (Phi) is 4.10. The van der Waals surface area contributed by atoms with E-state index in [4.69, 9.17) is 13.9 Å². The molecule has 0 amide bonds. The zero-order valence-electron chi connectivity index (χ0n) is 8.10. The second-order valence-corrected chi connectivity index (χ2v) is 2.54. The van der Waals surface area contributed by atoms with Gasteiger partial charge in [0.1, 0.15) is 12.0 Å². The summed E-state index contributed by atoms with van der Waals surface area (Å²) in [6, 6.07) is 3.47. The summed E-state index contributed by atoms with van der Waals surface area (Å²) in [4.78, 5) is 10.1. The van der Waals surface area contributed by atoms with Crippen molar-refractivity contribution >= 4 is 12.4 Å². The van der Waals surface area contributed by atoms with Gasteiger partial charge in [0.25, 0.3) is 0 Å². The molecule has 1 heterocycles. The fourth-order valence-corrected chi connectivity index (χ4v) is 1.05. The van der Waals surface area contributed by atoms with Crippen molar-refractivity contribution in [3.05, 3.63) is 29.7 Å². The highest BCUT2D eigenvalue weighted by Crippen LogP contribution is 2.20. The molecule has 1 rings (SSSR count). The molecule has 14 heavy (non-hydrogen) atoms. The Morgan fingerprint density at radius 3 is 2.64 bits per heavy atom. The molecule has 0 bridgehead atoms. The molecule has 0 aromatic carbocycles. The van der Waals surface area contributed by atoms with Gasteiger partial charge in [0.05, 0.1) is 0 Å². The van der Waals surface area contributed by atoms with E-state index in [0.717, 1.165) is 0 Å². The van der Waals surface area contributed by atoms with Gasteiger partial charge in [-0.05, 0) is 24.3 Å². The van der Waals surface area contributed by atoms with Crippen molar-refractivity contribution in [1.29, 1.82) is 0 Å². The smallest absolute Gasteiger partial charge is 0.216 e. The maximum atomic E-state index is 10.1. The van der Waals surface area contributed by atoms with Crippen molar-refractivity contribution < 1.29 is 18.7 Å². The number of allylic oxidation sites excluding steroid dienone is 1. The summed E-state index contributed by atoms with van der Waals surface area (Å²) >= 11 is 0. The normalized spacial score (nSPS) is 11.4. The number of carbonyl (C=O) groups excluding carboxylic acids is 1. The molecule has 0 fully saturated rings. The molecule has 4 nitrogen and oxygen atoms in total. The summed E-state index contributed by atoms with van der Waals surface area (Å²) < 4.78 is 15.3. The van der Waals surface area contributed by atoms with Crippen molar-refractivity contribution in [2.24, 2.45) is 0 Å². The fourth-order valence-electron chi connectivity index (χ4n) is 1.05. The molecular formula is C10H12O4. The summed E-state index contributed by atoms with van der Waals surface area (Å²) in [6.45, 7) is 0. The molecule has 0 aliphatic heterocycles. The van der Waals surface area contributed by atoms with Gasteiger partial charge in [-0.2, -0.15) is 0 Å². The second-order valence-electron chi connectivity index (χ2n) is 2.54. The molecular weight excluding hydrogens is 184 g/mol. The van der Waals surface area contributed by atoms with Gasteiger partial charge < -0.3 is 13.9 Å². The first-order valence-electron chi connectivity index (χ1n) is 4.09. The van der Waals surface area contributed by atoms with E-state index in [1.54, 1.807) is 18.2 Å². The van der Waals surface area contributed by atoms with Gasteiger partial charge in [0, 0.05) is 14.2 Å². The van der Waals surface area contributed by atoms with E-state index in [2.05, 4.69) is 0 Å². The standard InChI is InChI=1S/C10H12O4/c1-12-10(13-2)9-6-5-8(14-9)4-3-7-11/h3-7,10H,1-2H3/b4-3+. The Morgan fingerprint density at radius 1 is 1.36 bits per heavy atom. The molecule has 0 unspecified atom stereocenters. The maximum absolute atomic E-state index is 10.1. The third-order valence-corrected chi connectivity index (χ3v) is 1.65. The summed E-state index contributed by atoms with van der Waals surface area (Å²) in [5, 5.41) is 0. The van der Waals surface area contributed by atoms with Crippen molar-refractivity contribution in [3.8, 4) is 0 Å². The largest absolute Gasteiger partial charge is 0.456 e. The molecule has 0 N–H and O–H groups in total. The maximum Gasteiger partial charge on any atom is 0.216 e. The predicted molar refractivity (Wildman–Crippen MR) is 50.6 cm³/mol. The molecule has 0 saturated carbocycles. The van der Waals surface area contributed by atoms with Crippen molar-refractivity contribution in [1.82, 2.24) is 0 Å². The molecule has 0 spiro atoms. The molecule has 4 heteroatoms. The second kappa shape index (κ2) is 5.36. The number of furan rings is 1. The van der Waals surface area contributed by atoms with Crippen LogP contribution in [0.5, 0.6) is 0 Å². The number of carbonyl (C=O) groups is 1. The zero-order valence-corrected chi connectivity index (χ0v) is 8.10. The Balaban J connectivity index is 2.76. The molecule has 0 saturated heterocycles. The van der Waals surface area contributed by atoms with Crippen LogP contribution in [0.2, 0.25) is 0 Å². The van der Waals surface area contributed by atoms with Crippen LogP contribution in [0.25, 0.3) is 6.08 Å². The first-order chi connectivity index (χ1) is 6.81. The van der Waals surface area contributed by atoms with E-state index in [1.807, 2.05) is 0 Å². The highest BCUT2D eigenvalue weighted by atomic mass is 16.7. The quantitative estimate of drug-likeness (QED) is 0.409. The van der Waals surface area contributed by atoms with E-state index < -0.39 is 6.29 Å². The van der Waals surface area contributed by atoms with Gasteiger partial charge in [-0.25, -0.2) is 0 Å². The number of rotatable bonds is 5. The van der Waals surface area contributed by atoms with Gasteiger partial charge in [-0.15, -0.1) is 0 Å². The van der Waals surface area contributed by atoms with Gasteiger partial charge >= 0.3 is 0 Å². The first-order valence-corrected chi connectivity index (χ1v) is 4.09. The summed E-state index contributed by atoms with van der Waals surface area (Å²) in [5.41, 5.74) is 0. The van der Waals surface area contributed by atoms with Crippen LogP contribution in [-0.2, 0) is 14.3 Å². The van der Waals surface area contributed by atoms with E-state index in [0.29, 0.717) is 17.8 Å². The van der Waals surface area contributed by atoms with Gasteiger partial charge in [0.2, 0.25) is 6.29 Å². The summed E-state index contributed by atoms with van der Waals surface area (Å²) in [5.74, 6) is 1.16. The van der Waals surface area contributed by atoms with Crippen LogP contribution < -0.4 is 0 Å². The van der Waals surface area contributed by atoms with Crippen LogP contribution in [0.4, 0.5) is 0 Å². The molecule has 0 aliphatic carbocycles. The van der Waals surface area contributed by atoms with Gasteiger partial charge in [-0.3, -0.25) is 4.79 Å². The average Bonchev–Trinajstić information content (AvgIpc) is 2.65. The number of hydrogen-bond donors (Lipinski definition) is 0. The average molecular weight is 196 g/mol. The third kappa shape index (κ3) is 2.55. The monoisotopic (exact) mass is 196 g/mol. The molecule has 76 valence electrons. The zero-order chi connectivity index (χ0) is 10.4. The number of methoxy groups -OCH3 is 2. The molecule has 0 aliphatic rings. The Labute approximate surface area is 82.1 Å². The summed E-state index contributed by atoms with van der Waals surface area (Å²) in [6.07, 6.45) is 3.11. The van der Waals surface area contributed by atoms with Crippen LogP contribution >= 0.6 is 0 Å². The minimum absolute atomic E-state index is 0.506. The fraction of sp³-hybridized carbons (Fsp3) is 0.300. The van der Waals surface area contributed by atoms with Gasteiger partial charge in [0.15, 0.2) is 5.76 Å². The van der Waals surface area contributed by atoms with Crippen molar-refractivity contribution in [2.75, 3.05) is 14.2 Å². The highest BCUT2D eigenvalue weighted by molar-refractivity contribution is 5.72. The Hall–Kier alpha value is -1.39. The van der Waals surface area contributed by atoms with E-state index in [1.165, 1.54) is 20.3 Å². The molecule has 0 atom stereocenters. The van der Waals surface area contributed by atoms with Crippen molar-refractivity contribution in [3.63, 3.8) is 0 Å². The lowest BCUT2D eigenvalue weighted by Gasteiger charge is -2.09. The topological polar surface area (TPSA) is 48.7 Å². The minimum Gasteiger partial charge on any atom is -0.456 e. The van der Waals surface area contributed by atoms with Crippen LogP contribution in [-0.4, -0.2) is 20.5 Å². The van der Waals surface area contributed by atoms with Crippen LogP contribution in [0.1, 0.15) is 17.8 Å². The van der Waals surface area contributed by atoms with Crippen LogP contribution in [0.15, 0.2) is 22.6 Å². The lowest BCUT2D eigenvalue weighted by molar-refractivity contribution is -0.117. The predicted octanol–water partition coefficient (Wildman–Crippen LogP) is 1.78. The Bertz CT molecular complexity index is 310. The van der Waals surface area contributed by atoms with Crippen molar-refractivity contribution in [2.45, 2.75) is 6.29 Å². The van der Waals surface area contributed by atoms with Crippen LogP contribution in [0, 0.1) is 0 Å². The number of hydrogen-bond acceptors (Lipinski definition) is 4. The lowest BCUT2D eigenvalue weighted by Crippen LogP contribution is -2.01. The SMILES string of the molecule is COC(OC)c1ccc(/C=C/C=O)o1. The Morgan fingerprint density at radius 2 is 2.07 bits per heavy atom.